The molecule has 1 heterocycles. The van der Waals surface area contributed by atoms with Crippen LogP contribution in [0.5, 0.6) is 11.5 Å². The van der Waals surface area contributed by atoms with Gasteiger partial charge >= 0.3 is 6.18 Å². The van der Waals surface area contributed by atoms with Crippen molar-refractivity contribution in [3.8, 4) is 28.8 Å². The fraction of sp³-hybridized carbons (Fsp3) is 0.182. The summed E-state index contributed by atoms with van der Waals surface area (Å²) >= 11 is 1.09. The maximum absolute atomic E-state index is 13.7. The highest BCUT2D eigenvalue weighted by Gasteiger charge is 2.36. The third-order valence-electron chi connectivity index (χ3n) is 4.30. The van der Waals surface area contributed by atoms with Crippen molar-refractivity contribution < 1.29 is 22.6 Å². The molecule has 30 heavy (non-hydrogen) atoms. The second-order valence-corrected chi connectivity index (χ2v) is 7.15. The van der Waals surface area contributed by atoms with Gasteiger partial charge in [-0.15, -0.1) is 11.8 Å². The summed E-state index contributed by atoms with van der Waals surface area (Å²) in [5.74, 6) is 1.20. The Bertz CT molecular complexity index is 1080. The zero-order valence-corrected chi connectivity index (χ0v) is 17.0. The number of pyridine rings is 1. The maximum atomic E-state index is 13.7. The van der Waals surface area contributed by atoms with Gasteiger partial charge < -0.3 is 9.47 Å². The second kappa shape index (κ2) is 9.09. The molecule has 1 aromatic heterocycles. The van der Waals surface area contributed by atoms with Gasteiger partial charge in [-0.05, 0) is 29.8 Å². The number of hydrogen-bond donors (Lipinski definition) is 0. The standard InChI is InChI=1S/C22H17F3N2O2S/c1-28-19-9-8-15(10-20(19)29-2)18-11-17(22(23,24)25)16(12-26)21(27-18)30-13-14-6-4-3-5-7-14/h3-11H,13H2,1-2H3. The summed E-state index contributed by atoms with van der Waals surface area (Å²) < 4.78 is 51.5. The van der Waals surface area contributed by atoms with Crippen LogP contribution < -0.4 is 9.47 Å². The Morgan fingerprint density at radius 2 is 1.70 bits per heavy atom. The molecule has 0 N–H and O–H groups in total. The lowest BCUT2D eigenvalue weighted by molar-refractivity contribution is -0.138. The number of nitrogens with zero attached hydrogens (tertiary/aromatic N) is 2. The predicted molar refractivity (Wildman–Crippen MR) is 108 cm³/mol. The molecule has 154 valence electrons. The van der Waals surface area contributed by atoms with E-state index < -0.39 is 17.3 Å². The monoisotopic (exact) mass is 430 g/mol. The molecule has 0 spiro atoms. The van der Waals surface area contributed by atoms with Crippen molar-refractivity contribution in [1.82, 2.24) is 4.98 Å². The molecule has 0 atom stereocenters. The first kappa shape index (κ1) is 21.5. The van der Waals surface area contributed by atoms with E-state index in [9.17, 15) is 18.4 Å². The lowest BCUT2D eigenvalue weighted by Crippen LogP contribution is -2.10. The van der Waals surface area contributed by atoms with Crippen LogP contribution >= 0.6 is 11.8 Å². The molecular formula is C22H17F3N2O2S. The molecule has 0 unspecified atom stereocenters. The SMILES string of the molecule is COc1ccc(-c2cc(C(F)(F)F)c(C#N)c(SCc3ccccc3)n2)cc1OC. The molecular weight excluding hydrogens is 413 g/mol. The first-order chi connectivity index (χ1) is 14.4. The van der Waals surface area contributed by atoms with Gasteiger partial charge in [0.25, 0.3) is 0 Å². The van der Waals surface area contributed by atoms with Gasteiger partial charge in [0.15, 0.2) is 11.5 Å². The molecule has 0 saturated carbocycles. The van der Waals surface area contributed by atoms with Gasteiger partial charge in [-0.2, -0.15) is 18.4 Å². The first-order valence-electron chi connectivity index (χ1n) is 8.78. The summed E-state index contributed by atoms with van der Waals surface area (Å²) in [6.07, 6.45) is -4.69. The van der Waals surface area contributed by atoms with Crippen molar-refractivity contribution in [1.29, 1.82) is 5.26 Å². The predicted octanol–water partition coefficient (Wildman–Crippen LogP) is 5.95. The van der Waals surface area contributed by atoms with Crippen LogP contribution in [-0.2, 0) is 11.9 Å². The fourth-order valence-electron chi connectivity index (χ4n) is 2.83. The highest BCUT2D eigenvalue weighted by atomic mass is 32.2. The van der Waals surface area contributed by atoms with E-state index in [1.807, 2.05) is 30.3 Å². The van der Waals surface area contributed by atoms with Crippen molar-refractivity contribution in [2.75, 3.05) is 14.2 Å². The van der Waals surface area contributed by atoms with Gasteiger partial charge in [0.2, 0.25) is 0 Å². The molecule has 8 heteroatoms. The van der Waals surface area contributed by atoms with Crippen molar-refractivity contribution in [3.05, 3.63) is 71.3 Å². The summed E-state index contributed by atoms with van der Waals surface area (Å²) in [5.41, 5.74) is -0.0617. The van der Waals surface area contributed by atoms with E-state index >= 15 is 0 Å². The summed E-state index contributed by atoms with van der Waals surface area (Å²) in [6.45, 7) is 0. The molecule has 2 aromatic carbocycles. The van der Waals surface area contributed by atoms with E-state index in [0.717, 1.165) is 23.4 Å². The van der Waals surface area contributed by atoms with Crippen molar-refractivity contribution in [2.24, 2.45) is 0 Å². The number of alkyl halides is 3. The van der Waals surface area contributed by atoms with Gasteiger partial charge in [-0.3, -0.25) is 0 Å². The lowest BCUT2D eigenvalue weighted by atomic mass is 10.0. The fourth-order valence-corrected chi connectivity index (χ4v) is 3.79. The normalized spacial score (nSPS) is 11.1. The number of methoxy groups -OCH3 is 2. The van der Waals surface area contributed by atoms with E-state index in [1.165, 1.54) is 14.2 Å². The third-order valence-corrected chi connectivity index (χ3v) is 5.35. The minimum absolute atomic E-state index is 0.0287. The van der Waals surface area contributed by atoms with Gasteiger partial charge in [-0.1, -0.05) is 30.3 Å². The molecule has 3 aromatic rings. The number of benzene rings is 2. The quantitative estimate of drug-likeness (QED) is 0.453. The van der Waals surface area contributed by atoms with Crippen LogP contribution in [-0.4, -0.2) is 19.2 Å². The van der Waals surface area contributed by atoms with E-state index in [-0.39, 0.29) is 10.7 Å². The van der Waals surface area contributed by atoms with Gasteiger partial charge in [-0.25, -0.2) is 4.98 Å². The van der Waals surface area contributed by atoms with Crippen LogP contribution in [0.25, 0.3) is 11.3 Å². The topological polar surface area (TPSA) is 55.1 Å². The van der Waals surface area contributed by atoms with Crippen molar-refractivity contribution in [2.45, 2.75) is 17.0 Å². The van der Waals surface area contributed by atoms with E-state index in [2.05, 4.69) is 4.98 Å². The first-order valence-corrected chi connectivity index (χ1v) is 9.77. The molecule has 0 radical (unpaired) electrons. The summed E-state index contributed by atoms with van der Waals surface area (Å²) in [4.78, 5) is 4.38. The molecule has 0 aliphatic heterocycles. The zero-order chi connectivity index (χ0) is 21.7. The largest absolute Gasteiger partial charge is 0.493 e. The number of halogens is 3. The average Bonchev–Trinajstić information content (AvgIpc) is 2.76. The Balaban J connectivity index is 2.11. The Morgan fingerprint density at radius 3 is 2.30 bits per heavy atom. The lowest BCUT2D eigenvalue weighted by Gasteiger charge is -2.15. The molecule has 0 amide bonds. The summed E-state index contributed by atoms with van der Waals surface area (Å²) in [6, 6.07) is 16.6. The number of hydrogen-bond acceptors (Lipinski definition) is 5. The van der Waals surface area contributed by atoms with Crippen molar-refractivity contribution in [3.63, 3.8) is 0 Å². The Morgan fingerprint density at radius 1 is 1.00 bits per heavy atom. The van der Waals surface area contributed by atoms with Crippen molar-refractivity contribution >= 4 is 11.8 Å². The average molecular weight is 430 g/mol. The van der Waals surface area contributed by atoms with Crippen LogP contribution in [0.1, 0.15) is 16.7 Å². The molecule has 3 rings (SSSR count). The number of thioether (sulfide) groups is 1. The number of aromatic nitrogens is 1. The van der Waals surface area contributed by atoms with Crippen LogP contribution in [0.4, 0.5) is 13.2 Å². The van der Waals surface area contributed by atoms with Crippen LogP contribution in [0, 0.1) is 11.3 Å². The van der Waals surface area contributed by atoms with Gasteiger partial charge in [0.1, 0.15) is 11.1 Å². The van der Waals surface area contributed by atoms with Crippen LogP contribution in [0.3, 0.4) is 0 Å². The molecule has 0 fully saturated rings. The minimum atomic E-state index is -4.69. The third kappa shape index (κ3) is 4.69. The highest BCUT2D eigenvalue weighted by Crippen LogP contribution is 2.40. The second-order valence-electron chi connectivity index (χ2n) is 6.19. The molecule has 4 nitrogen and oxygen atoms in total. The van der Waals surface area contributed by atoms with Gasteiger partial charge in [0.05, 0.1) is 31.0 Å². The zero-order valence-electron chi connectivity index (χ0n) is 16.2. The number of nitriles is 1. The minimum Gasteiger partial charge on any atom is -0.493 e. The highest BCUT2D eigenvalue weighted by molar-refractivity contribution is 7.98. The smallest absolute Gasteiger partial charge is 0.417 e. The van der Waals surface area contributed by atoms with E-state index in [1.54, 1.807) is 24.3 Å². The molecule has 0 aliphatic rings. The number of ether oxygens (including phenoxy) is 2. The Labute approximate surface area is 176 Å². The maximum Gasteiger partial charge on any atom is 0.417 e. The summed E-state index contributed by atoms with van der Waals surface area (Å²) in [5, 5.41) is 9.46. The number of rotatable bonds is 6. The Hall–Kier alpha value is -3.18. The van der Waals surface area contributed by atoms with Gasteiger partial charge in [0, 0.05) is 11.3 Å². The molecule has 0 saturated heterocycles. The van der Waals surface area contributed by atoms with E-state index in [0.29, 0.717) is 22.8 Å². The summed E-state index contributed by atoms with van der Waals surface area (Å²) in [7, 11) is 2.91. The van der Waals surface area contributed by atoms with Crippen LogP contribution in [0.2, 0.25) is 0 Å². The van der Waals surface area contributed by atoms with Crippen LogP contribution in [0.15, 0.2) is 59.6 Å². The Kier molecular flexibility index (Phi) is 6.53. The molecule has 0 bridgehead atoms. The van der Waals surface area contributed by atoms with E-state index in [4.69, 9.17) is 9.47 Å². The molecule has 0 aliphatic carbocycles.